The van der Waals surface area contributed by atoms with Crippen LogP contribution >= 0.6 is 0 Å². The molecule has 0 saturated heterocycles. The van der Waals surface area contributed by atoms with E-state index in [2.05, 4.69) is 23.2 Å². The van der Waals surface area contributed by atoms with Crippen LogP contribution < -0.4 is 4.74 Å². The van der Waals surface area contributed by atoms with Crippen molar-refractivity contribution in [2.45, 2.75) is 12.8 Å². The summed E-state index contributed by atoms with van der Waals surface area (Å²) in [6.07, 6.45) is 5.37. The maximum atomic E-state index is 12.0. The average Bonchev–Trinajstić information content (AvgIpc) is 3.25. The van der Waals surface area contributed by atoms with Crippen LogP contribution in [0.15, 0.2) is 91.0 Å². The number of carboxylic acids is 1. The molecule has 34 heavy (non-hydrogen) atoms. The Hall–Kier alpha value is -4.31. The van der Waals surface area contributed by atoms with Gasteiger partial charge in [-0.2, -0.15) is 0 Å². The lowest BCUT2D eigenvalue weighted by molar-refractivity contribution is 0.0690. The molecule has 0 radical (unpaired) electrons. The van der Waals surface area contributed by atoms with Gasteiger partial charge in [-0.3, -0.25) is 0 Å². The van der Waals surface area contributed by atoms with Gasteiger partial charge in [0.15, 0.2) is 0 Å². The van der Waals surface area contributed by atoms with Crippen molar-refractivity contribution >= 4 is 39.8 Å². The normalized spacial score (nSPS) is 11.4. The van der Waals surface area contributed by atoms with Gasteiger partial charge in [0, 0.05) is 10.8 Å². The molecule has 0 aliphatic carbocycles. The predicted octanol–water partition coefficient (Wildman–Crippen LogP) is 7.20. The van der Waals surface area contributed by atoms with Gasteiger partial charge in [0.25, 0.3) is 0 Å². The first-order valence-electron chi connectivity index (χ1n) is 11.4. The minimum Gasteiger partial charge on any atom is -0.493 e. The largest absolute Gasteiger partial charge is 0.493 e. The van der Waals surface area contributed by atoms with E-state index in [-0.39, 0.29) is 5.69 Å². The molecule has 5 rings (SSSR count). The quantitative estimate of drug-likeness (QED) is 0.195. The van der Waals surface area contributed by atoms with Gasteiger partial charge in [-0.25, -0.2) is 4.79 Å². The summed E-state index contributed by atoms with van der Waals surface area (Å²) >= 11 is 0. The van der Waals surface area contributed by atoms with Gasteiger partial charge in [0.05, 0.1) is 12.1 Å². The molecule has 0 fully saturated rings. The number of hydrogen-bond donors (Lipinski definition) is 2. The van der Waals surface area contributed by atoms with Crippen LogP contribution in [-0.4, -0.2) is 22.7 Å². The number of carboxylic acid groups (broad SMARTS) is 1. The second-order valence-electron chi connectivity index (χ2n) is 8.23. The lowest BCUT2D eigenvalue weighted by Gasteiger charge is -2.09. The van der Waals surface area contributed by atoms with Gasteiger partial charge in [-0.15, -0.1) is 0 Å². The zero-order valence-electron chi connectivity index (χ0n) is 18.7. The zero-order chi connectivity index (χ0) is 23.3. The van der Waals surface area contributed by atoms with Crippen molar-refractivity contribution in [3.05, 3.63) is 113 Å². The van der Waals surface area contributed by atoms with Crippen LogP contribution in [0.4, 0.5) is 0 Å². The number of rotatable bonds is 8. The molecule has 2 N–H and O–H groups in total. The third-order valence-electron chi connectivity index (χ3n) is 6.02. The van der Waals surface area contributed by atoms with E-state index >= 15 is 0 Å². The Balaban J connectivity index is 1.36. The van der Waals surface area contributed by atoms with E-state index in [0.29, 0.717) is 19.4 Å². The van der Waals surface area contributed by atoms with E-state index in [1.54, 1.807) is 0 Å². The standard InChI is InChI=1S/C30H25NO3/c32-30(33)29-26(16-8-20-34-27-17-7-12-22-11-4-5-14-24(22)27)25-15-6-13-23(28(25)31-29)19-18-21-9-2-1-3-10-21/h1-7,9-15,17-19,31H,8,16,20H2,(H,32,33)/b19-18+. The van der Waals surface area contributed by atoms with Gasteiger partial charge in [0.2, 0.25) is 0 Å². The number of carbonyl (C=O) groups is 1. The summed E-state index contributed by atoms with van der Waals surface area (Å²) < 4.78 is 6.07. The lowest BCUT2D eigenvalue weighted by atomic mass is 10.0. The number of para-hydroxylation sites is 1. The predicted molar refractivity (Wildman–Crippen MR) is 138 cm³/mol. The molecule has 4 aromatic carbocycles. The molecule has 0 spiro atoms. The van der Waals surface area contributed by atoms with E-state index in [1.807, 2.05) is 84.9 Å². The molecule has 0 amide bonds. The fourth-order valence-corrected chi connectivity index (χ4v) is 4.38. The minimum absolute atomic E-state index is 0.251. The number of ether oxygens (including phenoxy) is 1. The van der Waals surface area contributed by atoms with Crippen molar-refractivity contribution in [2.75, 3.05) is 6.61 Å². The number of aromatic amines is 1. The van der Waals surface area contributed by atoms with Gasteiger partial charge in [-0.1, -0.05) is 97.1 Å². The molecule has 4 heteroatoms. The SMILES string of the molecule is O=C(O)c1[nH]c2c(/C=C/c3ccccc3)cccc2c1CCCOc1cccc2ccccc12. The Labute approximate surface area is 198 Å². The van der Waals surface area contributed by atoms with E-state index in [0.717, 1.165) is 44.1 Å². The van der Waals surface area contributed by atoms with Crippen LogP contribution in [0.1, 0.15) is 33.6 Å². The number of aromatic carboxylic acids is 1. The van der Waals surface area contributed by atoms with Gasteiger partial charge < -0.3 is 14.8 Å². The van der Waals surface area contributed by atoms with Crippen LogP contribution in [0.5, 0.6) is 5.75 Å². The molecule has 0 atom stereocenters. The highest BCUT2D eigenvalue weighted by Crippen LogP contribution is 2.29. The molecule has 0 unspecified atom stereocenters. The van der Waals surface area contributed by atoms with Crippen LogP contribution in [0.2, 0.25) is 0 Å². The molecular formula is C30H25NO3. The van der Waals surface area contributed by atoms with Crippen molar-refractivity contribution in [3.63, 3.8) is 0 Å². The first-order valence-corrected chi connectivity index (χ1v) is 11.4. The maximum Gasteiger partial charge on any atom is 0.352 e. The monoisotopic (exact) mass is 447 g/mol. The highest BCUT2D eigenvalue weighted by Gasteiger charge is 2.18. The summed E-state index contributed by atoms with van der Waals surface area (Å²) in [6, 6.07) is 30.2. The van der Waals surface area contributed by atoms with E-state index < -0.39 is 5.97 Å². The Morgan fingerprint density at radius 2 is 1.56 bits per heavy atom. The second kappa shape index (κ2) is 9.67. The highest BCUT2D eigenvalue weighted by atomic mass is 16.5. The van der Waals surface area contributed by atoms with Crippen molar-refractivity contribution in [2.24, 2.45) is 0 Å². The Morgan fingerprint density at radius 1 is 0.824 bits per heavy atom. The average molecular weight is 448 g/mol. The first-order chi connectivity index (χ1) is 16.7. The molecular weight excluding hydrogens is 422 g/mol. The van der Waals surface area contributed by atoms with Crippen molar-refractivity contribution in [1.82, 2.24) is 4.98 Å². The van der Waals surface area contributed by atoms with E-state index in [1.165, 1.54) is 0 Å². The van der Waals surface area contributed by atoms with Gasteiger partial charge in [-0.05, 0) is 41.0 Å². The second-order valence-corrected chi connectivity index (χ2v) is 8.23. The van der Waals surface area contributed by atoms with Crippen LogP contribution in [-0.2, 0) is 6.42 Å². The summed E-state index contributed by atoms with van der Waals surface area (Å²) in [5.74, 6) is -0.0945. The summed E-state index contributed by atoms with van der Waals surface area (Å²) in [5.41, 5.74) is 3.97. The molecule has 1 heterocycles. The number of benzene rings is 4. The van der Waals surface area contributed by atoms with E-state index in [9.17, 15) is 9.90 Å². The number of nitrogens with one attached hydrogen (secondary N) is 1. The summed E-state index contributed by atoms with van der Waals surface area (Å²) in [7, 11) is 0. The molecule has 4 nitrogen and oxygen atoms in total. The van der Waals surface area contributed by atoms with E-state index in [4.69, 9.17) is 4.74 Å². The molecule has 5 aromatic rings. The fourth-order valence-electron chi connectivity index (χ4n) is 4.38. The summed E-state index contributed by atoms with van der Waals surface area (Å²) in [4.78, 5) is 15.2. The lowest BCUT2D eigenvalue weighted by Crippen LogP contribution is -2.04. The molecule has 0 bridgehead atoms. The maximum absolute atomic E-state index is 12.0. The Morgan fingerprint density at radius 3 is 2.41 bits per heavy atom. The van der Waals surface area contributed by atoms with Gasteiger partial charge in [0.1, 0.15) is 11.4 Å². The molecule has 0 saturated carbocycles. The van der Waals surface area contributed by atoms with Crippen molar-refractivity contribution in [1.29, 1.82) is 0 Å². The number of hydrogen-bond acceptors (Lipinski definition) is 2. The molecule has 0 aliphatic rings. The topological polar surface area (TPSA) is 62.3 Å². The smallest absolute Gasteiger partial charge is 0.352 e. The number of aromatic nitrogens is 1. The number of aryl methyl sites for hydroxylation is 1. The van der Waals surface area contributed by atoms with Crippen molar-refractivity contribution < 1.29 is 14.6 Å². The Kier molecular flexibility index (Phi) is 6.13. The third kappa shape index (κ3) is 4.44. The third-order valence-corrected chi connectivity index (χ3v) is 6.02. The van der Waals surface area contributed by atoms with Crippen LogP contribution in [0.25, 0.3) is 33.8 Å². The van der Waals surface area contributed by atoms with Gasteiger partial charge >= 0.3 is 5.97 Å². The number of fused-ring (bicyclic) bond motifs is 2. The number of H-pyrrole nitrogens is 1. The highest BCUT2D eigenvalue weighted by molar-refractivity contribution is 6.00. The fraction of sp³-hybridized carbons (Fsp3) is 0.100. The Bertz CT molecular complexity index is 1480. The summed E-state index contributed by atoms with van der Waals surface area (Å²) in [6.45, 7) is 0.507. The molecule has 0 aliphatic heterocycles. The minimum atomic E-state index is -0.945. The first kappa shape index (κ1) is 21.5. The summed E-state index contributed by atoms with van der Waals surface area (Å²) in [5, 5.41) is 13.0. The molecule has 1 aromatic heterocycles. The zero-order valence-corrected chi connectivity index (χ0v) is 18.7. The molecule has 168 valence electrons. The van der Waals surface area contributed by atoms with Crippen LogP contribution in [0.3, 0.4) is 0 Å². The van der Waals surface area contributed by atoms with Crippen molar-refractivity contribution in [3.8, 4) is 5.75 Å². The van der Waals surface area contributed by atoms with Crippen LogP contribution in [0, 0.1) is 0 Å².